The molecule has 134 valence electrons. The molecule has 1 aliphatic rings. The number of imidazole rings is 1. The molecule has 0 atom stereocenters. The summed E-state index contributed by atoms with van der Waals surface area (Å²) >= 11 is 0. The molecule has 6 nitrogen and oxygen atoms in total. The fourth-order valence-electron chi connectivity index (χ4n) is 2.87. The largest absolute Gasteiger partial charge is 0.349 e. The molecule has 1 aliphatic heterocycles. The molecule has 1 aromatic heterocycles. The van der Waals surface area contributed by atoms with Crippen molar-refractivity contribution in [2.24, 2.45) is 17.3 Å². The van der Waals surface area contributed by atoms with Crippen molar-refractivity contribution < 1.29 is 4.79 Å². The second kappa shape index (κ2) is 7.96. The summed E-state index contributed by atoms with van der Waals surface area (Å²) in [4.78, 5) is 16.5. The molecular formula is C20H23N5O. The van der Waals surface area contributed by atoms with Gasteiger partial charge in [0, 0.05) is 51.0 Å². The van der Waals surface area contributed by atoms with Gasteiger partial charge in [-0.1, -0.05) is 30.3 Å². The third-order valence-electron chi connectivity index (χ3n) is 4.66. The highest BCUT2D eigenvalue weighted by Gasteiger charge is 2.39. The average Bonchev–Trinajstić information content (AvgIpc) is 3.36. The molecule has 0 saturated heterocycles. The number of hydrogen-bond acceptors (Lipinski definition) is 4. The number of carbonyl (C=O) groups excluding carboxylic acids is 1. The molecule has 1 aromatic carbocycles. The van der Waals surface area contributed by atoms with Crippen LogP contribution in [0.4, 0.5) is 0 Å². The van der Waals surface area contributed by atoms with E-state index in [1.165, 1.54) is 5.56 Å². The predicted molar refractivity (Wildman–Crippen MR) is 99.2 cm³/mol. The molecule has 6 heteroatoms. The normalized spacial score (nSPS) is 14.0. The summed E-state index contributed by atoms with van der Waals surface area (Å²) in [6.45, 7) is 0.412. The molecule has 0 unspecified atom stereocenters. The molecule has 1 amide bonds. The third-order valence-corrected chi connectivity index (χ3v) is 4.66. The lowest BCUT2D eigenvalue weighted by Gasteiger charge is -2.10. The minimum absolute atomic E-state index is 0.0185. The summed E-state index contributed by atoms with van der Waals surface area (Å²) < 4.78 is 2.03. The van der Waals surface area contributed by atoms with Gasteiger partial charge in [-0.3, -0.25) is 4.79 Å². The number of benzene rings is 1. The monoisotopic (exact) mass is 349 g/mol. The van der Waals surface area contributed by atoms with E-state index in [0.717, 1.165) is 24.4 Å². The number of carbonyl (C=O) groups is 1. The van der Waals surface area contributed by atoms with Crippen molar-refractivity contribution in [3.05, 3.63) is 53.6 Å². The topological polar surface area (TPSA) is 71.6 Å². The van der Waals surface area contributed by atoms with Crippen molar-refractivity contribution in [3.8, 4) is 12.3 Å². The summed E-state index contributed by atoms with van der Waals surface area (Å²) in [5.74, 6) is 3.41. The Balaban J connectivity index is 1.46. The Labute approximate surface area is 153 Å². The van der Waals surface area contributed by atoms with Crippen LogP contribution in [0.5, 0.6) is 0 Å². The van der Waals surface area contributed by atoms with E-state index < -0.39 is 5.66 Å². The van der Waals surface area contributed by atoms with Crippen LogP contribution in [0.2, 0.25) is 0 Å². The first-order valence-corrected chi connectivity index (χ1v) is 8.79. The van der Waals surface area contributed by atoms with Gasteiger partial charge in [0.25, 0.3) is 0 Å². The van der Waals surface area contributed by atoms with Gasteiger partial charge < -0.3 is 9.88 Å². The maximum atomic E-state index is 12.1. The number of terminal acetylenes is 1. The minimum Gasteiger partial charge on any atom is -0.349 e. The van der Waals surface area contributed by atoms with E-state index >= 15 is 0 Å². The number of hydrogen-bond donors (Lipinski definition) is 1. The number of aromatic nitrogens is 2. The second-order valence-corrected chi connectivity index (χ2v) is 6.55. The predicted octanol–water partition coefficient (Wildman–Crippen LogP) is 2.98. The van der Waals surface area contributed by atoms with Crippen LogP contribution in [-0.4, -0.2) is 21.1 Å². The Hall–Kier alpha value is -2.94. The highest BCUT2D eigenvalue weighted by atomic mass is 16.1. The number of nitrogens with zero attached hydrogens (tertiary/aromatic N) is 4. The van der Waals surface area contributed by atoms with E-state index in [1.54, 1.807) is 0 Å². The van der Waals surface area contributed by atoms with Gasteiger partial charge in [0.15, 0.2) is 5.66 Å². The van der Waals surface area contributed by atoms with Crippen LogP contribution < -0.4 is 5.32 Å². The molecule has 0 spiro atoms. The first kappa shape index (κ1) is 17.9. The number of rotatable bonds is 9. The Morgan fingerprint density at radius 1 is 1.27 bits per heavy atom. The van der Waals surface area contributed by atoms with Crippen LogP contribution in [0.15, 0.2) is 46.8 Å². The van der Waals surface area contributed by atoms with Crippen molar-refractivity contribution in [2.75, 3.05) is 0 Å². The van der Waals surface area contributed by atoms with Crippen molar-refractivity contribution in [1.29, 1.82) is 0 Å². The van der Waals surface area contributed by atoms with Gasteiger partial charge in [-0.2, -0.15) is 10.2 Å². The van der Waals surface area contributed by atoms with E-state index in [4.69, 9.17) is 6.42 Å². The fraction of sp³-hybridized carbons (Fsp3) is 0.400. The maximum Gasteiger partial charge on any atom is 0.220 e. The molecule has 2 heterocycles. The van der Waals surface area contributed by atoms with Crippen LogP contribution in [0.1, 0.15) is 42.8 Å². The summed E-state index contributed by atoms with van der Waals surface area (Å²) in [5.41, 5.74) is 1.94. The Morgan fingerprint density at radius 3 is 2.73 bits per heavy atom. The summed E-state index contributed by atoms with van der Waals surface area (Å²) in [5, 5.41) is 11.0. The smallest absolute Gasteiger partial charge is 0.220 e. The molecular weight excluding hydrogens is 326 g/mol. The van der Waals surface area contributed by atoms with Gasteiger partial charge in [0.2, 0.25) is 5.91 Å². The molecule has 2 aromatic rings. The lowest BCUT2D eigenvalue weighted by atomic mass is 10.0. The van der Waals surface area contributed by atoms with Gasteiger partial charge in [-0.05, 0) is 5.56 Å². The van der Waals surface area contributed by atoms with Gasteiger partial charge in [-0.25, -0.2) is 4.98 Å². The van der Waals surface area contributed by atoms with Crippen LogP contribution in [0.3, 0.4) is 0 Å². The molecule has 0 aliphatic carbocycles. The van der Waals surface area contributed by atoms with E-state index in [1.807, 2.05) is 36.0 Å². The lowest BCUT2D eigenvalue weighted by Crippen LogP contribution is -2.26. The zero-order valence-electron chi connectivity index (χ0n) is 15.0. The maximum absolute atomic E-state index is 12.1. The first-order valence-electron chi connectivity index (χ1n) is 8.79. The van der Waals surface area contributed by atoms with Crippen molar-refractivity contribution in [3.63, 3.8) is 0 Å². The molecule has 0 fully saturated rings. The summed E-state index contributed by atoms with van der Waals surface area (Å²) in [6.07, 6.45) is 10.3. The lowest BCUT2D eigenvalue weighted by molar-refractivity contribution is -0.121. The van der Waals surface area contributed by atoms with Gasteiger partial charge in [-0.15, -0.1) is 12.3 Å². The Bertz CT molecular complexity index is 826. The molecule has 3 rings (SSSR count). The summed E-state index contributed by atoms with van der Waals surface area (Å²) in [6, 6.07) is 10.3. The molecule has 0 bridgehead atoms. The molecule has 26 heavy (non-hydrogen) atoms. The van der Waals surface area contributed by atoms with Gasteiger partial charge in [0.05, 0.1) is 6.54 Å². The van der Waals surface area contributed by atoms with Crippen LogP contribution in [-0.2, 0) is 24.8 Å². The van der Waals surface area contributed by atoms with E-state index in [9.17, 15) is 4.79 Å². The highest BCUT2D eigenvalue weighted by molar-refractivity contribution is 5.75. The average molecular weight is 349 g/mol. The van der Waals surface area contributed by atoms with Crippen LogP contribution in [0.25, 0.3) is 0 Å². The number of amides is 1. The zero-order chi connectivity index (χ0) is 18.4. The SMILES string of the molecule is C#CCCC1(CCC(=O)NCc2ncc(Cc3ccccc3)n2C)N=N1. The molecule has 0 saturated carbocycles. The van der Waals surface area contributed by atoms with E-state index in [2.05, 4.69) is 38.6 Å². The Morgan fingerprint density at radius 2 is 2.04 bits per heavy atom. The van der Waals surface area contributed by atoms with Gasteiger partial charge in [0.1, 0.15) is 5.82 Å². The standard InChI is InChI=1S/C20H23N5O/c1-3-4-11-20(23-24-20)12-10-19(26)22-15-18-21-14-17(25(18)2)13-16-8-6-5-7-9-16/h1,5-9,14H,4,10-13,15H2,2H3,(H,22,26). The van der Waals surface area contributed by atoms with Gasteiger partial charge >= 0.3 is 0 Å². The second-order valence-electron chi connectivity index (χ2n) is 6.55. The quantitative estimate of drug-likeness (QED) is 0.707. The highest BCUT2D eigenvalue weighted by Crippen LogP contribution is 2.37. The van der Waals surface area contributed by atoms with Crippen LogP contribution >= 0.6 is 0 Å². The number of nitrogens with one attached hydrogen (secondary N) is 1. The first-order chi connectivity index (χ1) is 12.6. The zero-order valence-corrected chi connectivity index (χ0v) is 15.0. The minimum atomic E-state index is -0.407. The van der Waals surface area contributed by atoms with E-state index in [-0.39, 0.29) is 5.91 Å². The van der Waals surface area contributed by atoms with Crippen molar-refractivity contribution in [1.82, 2.24) is 14.9 Å². The molecule has 0 radical (unpaired) electrons. The van der Waals surface area contributed by atoms with Crippen molar-refractivity contribution in [2.45, 2.75) is 44.3 Å². The van der Waals surface area contributed by atoms with Crippen LogP contribution in [0, 0.1) is 12.3 Å². The van der Waals surface area contributed by atoms with Crippen molar-refractivity contribution >= 4 is 5.91 Å². The molecule has 1 N–H and O–H groups in total. The third kappa shape index (κ3) is 4.57. The fourth-order valence-corrected chi connectivity index (χ4v) is 2.87. The van der Waals surface area contributed by atoms with E-state index in [0.29, 0.717) is 25.8 Å². The Kier molecular flexibility index (Phi) is 5.47. The summed E-state index contributed by atoms with van der Waals surface area (Å²) in [7, 11) is 1.98.